The molecule has 0 aliphatic heterocycles. The first kappa shape index (κ1) is 17.2. The normalized spacial score (nSPS) is 10.2. The summed E-state index contributed by atoms with van der Waals surface area (Å²) in [5.41, 5.74) is -0.0218. The highest BCUT2D eigenvalue weighted by Gasteiger charge is 2.14. The Morgan fingerprint density at radius 1 is 1.26 bits per heavy atom. The molecule has 1 aromatic heterocycles. The zero-order valence-corrected chi connectivity index (χ0v) is 13.6. The highest BCUT2D eigenvalue weighted by atomic mass is 35.5. The van der Waals surface area contributed by atoms with Gasteiger partial charge in [0.2, 0.25) is 0 Å². The van der Waals surface area contributed by atoms with Crippen LogP contribution in [-0.2, 0) is 9.53 Å². The number of non-ortho nitro benzene ring substituents is 1. The lowest BCUT2D eigenvalue weighted by Crippen LogP contribution is -2.20. The number of nitro benzene ring substituents is 1. The fourth-order valence-electron chi connectivity index (χ4n) is 1.53. The highest BCUT2D eigenvalue weighted by Crippen LogP contribution is 2.26. The molecule has 0 atom stereocenters. The number of rotatable bonds is 5. The Morgan fingerprint density at radius 2 is 2.00 bits per heavy atom. The van der Waals surface area contributed by atoms with Crippen molar-refractivity contribution in [3.05, 3.63) is 54.7 Å². The van der Waals surface area contributed by atoms with E-state index in [1.54, 1.807) is 6.07 Å². The smallest absolute Gasteiger partial charge is 0.348 e. The third-order valence-electron chi connectivity index (χ3n) is 2.55. The van der Waals surface area contributed by atoms with Crippen LogP contribution in [0.3, 0.4) is 0 Å². The van der Waals surface area contributed by atoms with Gasteiger partial charge in [-0.15, -0.1) is 11.3 Å². The Morgan fingerprint density at radius 3 is 2.57 bits per heavy atom. The van der Waals surface area contributed by atoms with E-state index in [9.17, 15) is 19.7 Å². The number of ether oxygens (including phenoxy) is 1. The van der Waals surface area contributed by atoms with E-state index >= 15 is 0 Å². The number of thiophene rings is 1. The molecule has 2 aromatic rings. The van der Waals surface area contributed by atoms with Gasteiger partial charge in [-0.05, 0) is 18.2 Å². The zero-order chi connectivity index (χ0) is 17.0. The first-order valence-electron chi connectivity index (χ1n) is 6.03. The van der Waals surface area contributed by atoms with E-state index in [1.807, 2.05) is 0 Å². The van der Waals surface area contributed by atoms with Crippen molar-refractivity contribution in [3.8, 4) is 0 Å². The first-order chi connectivity index (χ1) is 10.9. The molecule has 0 aliphatic carbocycles. The van der Waals surface area contributed by atoms with Crippen LogP contribution >= 0.6 is 34.5 Å². The van der Waals surface area contributed by atoms with E-state index in [1.165, 1.54) is 18.2 Å². The van der Waals surface area contributed by atoms with Crippen molar-refractivity contribution in [1.82, 2.24) is 0 Å². The minimum atomic E-state index is -0.674. The largest absolute Gasteiger partial charge is 0.451 e. The van der Waals surface area contributed by atoms with Gasteiger partial charge in [0.05, 0.1) is 20.0 Å². The lowest BCUT2D eigenvalue weighted by Gasteiger charge is -2.07. The Bertz CT molecular complexity index is 777. The molecular formula is C13H8Cl2N2O5S. The third kappa shape index (κ3) is 4.65. The van der Waals surface area contributed by atoms with Crippen LogP contribution in [0.15, 0.2) is 30.3 Å². The van der Waals surface area contributed by atoms with Gasteiger partial charge in [-0.3, -0.25) is 14.9 Å². The molecule has 10 heteroatoms. The van der Waals surface area contributed by atoms with Gasteiger partial charge in [-0.1, -0.05) is 23.2 Å². The molecule has 2 rings (SSSR count). The molecule has 0 fully saturated rings. The average Bonchev–Trinajstić information content (AvgIpc) is 2.93. The van der Waals surface area contributed by atoms with Crippen LogP contribution in [0.2, 0.25) is 9.36 Å². The summed E-state index contributed by atoms with van der Waals surface area (Å²) in [6.45, 7) is -0.526. The average molecular weight is 375 g/mol. The summed E-state index contributed by atoms with van der Waals surface area (Å²) in [6.07, 6.45) is 0. The van der Waals surface area contributed by atoms with Crippen LogP contribution in [-0.4, -0.2) is 23.4 Å². The van der Waals surface area contributed by atoms with E-state index < -0.39 is 23.4 Å². The number of nitrogens with zero attached hydrogens (tertiary/aromatic N) is 1. The van der Waals surface area contributed by atoms with Crippen LogP contribution in [0.25, 0.3) is 0 Å². The fraction of sp³-hybridized carbons (Fsp3) is 0.0769. The number of anilines is 1. The maximum Gasteiger partial charge on any atom is 0.348 e. The molecule has 0 saturated carbocycles. The van der Waals surface area contributed by atoms with E-state index in [2.05, 4.69) is 5.32 Å². The second-order valence-corrected chi connectivity index (χ2v) is 6.27. The van der Waals surface area contributed by atoms with Crippen molar-refractivity contribution < 1.29 is 19.2 Å². The Balaban J connectivity index is 1.92. The second-order valence-electron chi connectivity index (χ2n) is 4.15. The maximum atomic E-state index is 11.7. The molecular weight excluding hydrogens is 367 g/mol. The number of nitro groups is 1. The lowest BCUT2D eigenvalue weighted by molar-refractivity contribution is -0.384. The fourth-order valence-corrected chi connectivity index (χ4v) is 2.69. The topological polar surface area (TPSA) is 98.5 Å². The molecule has 1 heterocycles. The molecule has 1 N–H and O–H groups in total. The van der Waals surface area contributed by atoms with Crippen molar-refractivity contribution in [2.75, 3.05) is 11.9 Å². The van der Waals surface area contributed by atoms with Crippen molar-refractivity contribution in [1.29, 1.82) is 0 Å². The number of carbonyl (C=O) groups is 2. The second kappa shape index (κ2) is 7.40. The predicted molar refractivity (Wildman–Crippen MR) is 86.3 cm³/mol. The van der Waals surface area contributed by atoms with E-state index in [0.29, 0.717) is 4.34 Å². The molecule has 1 amide bonds. The molecule has 120 valence electrons. The molecule has 0 unspecified atom stereocenters. The van der Waals surface area contributed by atoms with Crippen LogP contribution in [0.1, 0.15) is 9.67 Å². The molecule has 7 nitrogen and oxygen atoms in total. The Kier molecular flexibility index (Phi) is 5.54. The SMILES string of the molecule is O=C(COC(=O)c1ccc(Cl)s1)Nc1ccc([N+](=O)[O-])cc1Cl. The summed E-state index contributed by atoms with van der Waals surface area (Å²) in [7, 11) is 0. The zero-order valence-electron chi connectivity index (χ0n) is 11.2. The van der Waals surface area contributed by atoms with Gasteiger partial charge in [-0.25, -0.2) is 4.79 Å². The summed E-state index contributed by atoms with van der Waals surface area (Å²) in [6, 6.07) is 6.62. The summed E-state index contributed by atoms with van der Waals surface area (Å²) >= 11 is 12.6. The predicted octanol–water partition coefficient (Wildman–Crippen LogP) is 3.76. The summed E-state index contributed by atoms with van der Waals surface area (Å²) in [4.78, 5) is 33.6. The van der Waals surface area contributed by atoms with Gasteiger partial charge < -0.3 is 10.1 Å². The van der Waals surface area contributed by atoms with E-state index in [4.69, 9.17) is 27.9 Å². The summed E-state index contributed by atoms with van der Waals surface area (Å²) in [5.74, 6) is -1.30. The molecule has 0 bridgehead atoms. The van der Waals surface area contributed by atoms with Gasteiger partial charge >= 0.3 is 5.97 Å². The summed E-state index contributed by atoms with van der Waals surface area (Å²) < 4.78 is 5.26. The van der Waals surface area contributed by atoms with Crippen LogP contribution in [0.4, 0.5) is 11.4 Å². The number of amides is 1. The molecule has 0 radical (unpaired) electrons. The summed E-state index contributed by atoms with van der Waals surface area (Å²) in [5, 5.41) is 13.0. The van der Waals surface area contributed by atoms with Crippen LogP contribution < -0.4 is 5.32 Å². The number of halogens is 2. The number of nitrogens with one attached hydrogen (secondary N) is 1. The molecule has 0 aliphatic rings. The van der Waals surface area contributed by atoms with Gasteiger partial charge in [0.1, 0.15) is 4.88 Å². The molecule has 1 aromatic carbocycles. The number of hydrogen-bond acceptors (Lipinski definition) is 6. The monoisotopic (exact) mass is 374 g/mol. The van der Waals surface area contributed by atoms with Gasteiger partial charge in [-0.2, -0.15) is 0 Å². The standard InChI is InChI=1S/C13H8Cl2N2O5S/c14-8-5-7(17(20)21)1-2-9(8)16-12(18)6-22-13(19)10-3-4-11(15)23-10/h1-5H,6H2,(H,16,18). The minimum absolute atomic E-state index is 0.00363. The highest BCUT2D eigenvalue weighted by molar-refractivity contribution is 7.17. The van der Waals surface area contributed by atoms with Crippen molar-refractivity contribution >= 4 is 57.8 Å². The van der Waals surface area contributed by atoms with Gasteiger partial charge in [0.25, 0.3) is 11.6 Å². The van der Waals surface area contributed by atoms with Crippen molar-refractivity contribution in [3.63, 3.8) is 0 Å². The third-order valence-corrected chi connectivity index (χ3v) is 4.07. The van der Waals surface area contributed by atoms with Gasteiger partial charge in [0.15, 0.2) is 6.61 Å². The molecule has 23 heavy (non-hydrogen) atoms. The number of hydrogen-bond donors (Lipinski definition) is 1. The minimum Gasteiger partial charge on any atom is -0.451 e. The Labute approximate surface area is 143 Å². The Hall–Kier alpha value is -2.16. The maximum absolute atomic E-state index is 11.7. The quantitative estimate of drug-likeness (QED) is 0.487. The number of esters is 1. The van der Waals surface area contributed by atoms with Crippen molar-refractivity contribution in [2.24, 2.45) is 0 Å². The van der Waals surface area contributed by atoms with Crippen LogP contribution in [0.5, 0.6) is 0 Å². The van der Waals surface area contributed by atoms with Crippen molar-refractivity contribution in [2.45, 2.75) is 0 Å². The van der Waals surface area contributed by atoms with Gasteiger partial charge in [0, 0.05) is 12.1 Å². The molecule has 0 spiro atoms. The number of benzene rings is 1. The number of carbonyl (C=O) groups excluding carboxylic acids is 2. The van der Waals surface area contributed by atoms with E-state index in [0.717, 1.165) is 17.4 Å². The lowest BCUT2D eigenvalue weighted by atomic mass is 10.3. The van der Waals surface area contributed by atoms with Crippen LogP contribution in [0, 0.1) is 10.1 Å². The van der Waals surface area contributed by atoms with E-state index in [-0.39, 0.29) is 21.3 Å². The molecule has 0 saturated heterocycles. The first-order valence-corrected chi connectivity index (χ1v) is 7.60.